The van der Waals surface area contributed by atoms with Crippen molar-refractivity contribution >= 4 is 27.3 Å². The molecule has 2 aromatic carbocycles. The number of aryl methyl sites for hydroxylation is 1. The second-order valence-electron chi connectivity index (χ2n) is 9.49. The summed E-state index contributed by atoms with van der Waals surface area (Å²) in [6.07, 6.45) is 7.87. The summed E-state index contributed by atoms with van der Waals surface area (Å²) < 4.78 is 37.0. The SMILES string of the molecule is O=[N+]([O-])c1c(CCC2CCCCO2)cc(ONS(=O)(=O)c2ccccc2)c(Cl)c1CCC1CCCCO1. The molecule has 0 aliphatic carbocycles. The number of ether oxygens (including phenoxy) is 2. The average Bonchev–Trinajstić information content (AvgIpc) is 2.92. The predicted octanol–water partition coefficient (Wildman–Crippen LogP) is 5.52. The summed E-state index contributed by atoms with van der Waals surface area (Å²) in [7, 11) is -3.99. The summed E-state index contributed by atoms with van der Waals surface area (Å²) >= 11 is 6.64. The zero-order valence-corrected chi connectivity index (χ0v) is 22.3. The Balaban J connectivity index is 1.62. The molecule has 2 aliphatic rings. The normalized spacial score (nSPS) is 20.5. The van der Waals surface area contributed by atoms with Crippen LogP contribution in [-0.2, 0) is 32.3 Å². The Bertz CT molecular complexity index is 1170. The zero-order valence-electron chi connectivity index (χ0n) is 20.7. The monoisotopic (exact) mass is 552 g/mol. The van der Waals surface area contributed by atoms with Gasteiger partial charge in [0.25, 0.3) is 15.7 Å². The van der Waals surface area contributed by atoms with E-state index in [1.54, 1.807) is 18.2 Å². The van der Waals surface area contributed by atoms with Gasteiger partial charge >= 0.3 is 0 Å². The molecular formula is C26H33ClN2O7S. The van der Waals surface area contributed by atoms with E-state index in [-0.39, 0.29) is 33.6 Å². The fourth-order valence-corrected chi connectivity index (χ4v) is 5.98. The first-order valence-electron chi connectivity index (χ1n) is 12.8. The number of halogens is 1. The standard InChI is InChI=1S/C26H33ClN2O7S/c27-25-23(15-14-21-9-5-7-17-35-21)26(29(30)31)19(12-13-20-8-4-6-16-34-20)18-24(25)36-28-37(32,33)22-10-2-1-3-11-22/h1-3,10-11,18,20-21,28H,4-9,12-17H2. The van der Waals surface area contributed by atoms with Crippen molar-refractivity contribution in [1.29, 1.82) is 0 Å². The van der Waals surface area contributed by atoms with Crippen LogP contribution in [0, 0.1) is 10.1 Å². The maximum Gasteiger partial charge on any atom is 0.277 e. The Morgan fingerprint density at radius 2 is 1.62 bits per heavy atom. The lowest BCUT2D eigenvalue weighted by molar-refractivity contribution is -0.386. The van der Waals surface area contributed by atoms with Crippen LogP contribution in [0.15, 0.2) is 41.3 Å². The maximum absolute atomic E-state index is 12.7. The summed E-state index contributed by atoms with van der Waals surface area (Å²) in [4.78, 5) is 19.5. The molecule has 0 bridgehead atoms. The zero-order chi connectivity index (χ0) is 26.3. The Kier molecular flexibility index (Phi) is 9.77. The van der Waals surface area contributed by atoms with Crippen molar-refractivity contribution in [2.45, 2.75) is 81.3 Å². The van der Waals surface area contributed by atoms with Gasteiger partial charge in [-0.3, -0.25) is 10.1 Å². The first-order valence-corrected chi connectivity index (χ1v) is 14.7. The minimum Gasteiger partial charge on any atom is -0.392 e. The summed E-state index contributed by atoms with van der Waals surface area (Å²) in [5, 5.41) is 12.3. The van der Waals surface area contributed by atoms with Crippen molar-refractivity contribution < 1.29 is 27.7 Å². The van der Waals surface area contributed by atoms with Crippen LogP contribution >= 0.6 is 11.6 Å². The summed E-state index contributed by atoms with van der Waals surface area (Å²) in [5.41, 5.74) is 0.726. The van der Waals surface area contributed by atoms with Gasteiger partial charge in [-0.15, -0.1) is 0 Å². The number of nitro benzene ring substituents is 1. The molecule has 37 heavy (non-hydrogen) atoms. The summed E-state index contributed by atoms with van der Waals surface area (Å²) in [5.74, 6) is 0.0332. The van der Waals surface area contributed by atoms with Crippen LogP contribution < -0.4 is 9.72 Å². The molecular weight excluding hydrogens is 520 g/mol. The second-order valence-corrected chi connectivity index (χ2v) is 11.5. The van der Waals surface area contributed by atoms with E-state index >= 15 is 0 Å². The van der Waals surface area contributed by atoms with Gasteiger partial charge in [0.2, 0.25) is 0 Å². The predicted molar refractivity (Wildman–Crippen MR) is 139 cm³/mol. The van der Waals surface area contributed by atoms with E-state index in [2.05, 4.69) is 4.89 Å². The van der Waals surface area contributed by atoms with Crippen molar-refractivity contribution in [1.82, 2.24) is 4.89 Å². The van der Waals surface area contributed by atoms with Crippen LogP contribution in [0.5, 0.6) is 5.75 Å². The molecule has 2 atom stereocenters. The summed E-state index contributed by atoms with van der Waals surface area (Å²) in [6, 6.07) is 9.26. The highest BCUT2D eigenvalue weighted by Crippen LogP contribution is 2.40. The highest BCUT2D eigenvalue weighted by Gasteiger charge is 2.29. The number of hydrogen-bond donors (Lipinski definition) is 1. The Labute approximate surface area is 222 Å². The van der Waals surface area contributed by atoms with Gasteiger partial charge in [-0.05, 0) is 87.3 Å². The molecule has 9 nitrogen and oxygen atoms in total. The molecule has 0 radical (unpaired) electrons. The molecule has 2 heterocycles. The highest BCUT2D eigenvalue weighted by molar-refractivity contribution is 7.89. The molecule has 0 amide bonds. The second kappa shape index (κ2) is 13.0. The van der Waals surface area contributed by atoms with Gasteiger partial charge in [0, 0.05) is 18.8 Å². The van der Waals surface area contributed by atoms with Gasteiger partial charge < -0.3 is 14.3 Å². The molecule has 0 aromatic heterocycles. The van der Waals surface area contributed by atoms with Crippen LogP contribution in [0.2, 0.25) is 5.02 Å². The Hall–Kier alpha value is -2.24. The lowest BCUT2D eigenvalue weighted by Gasteiger charge is -2.24. The first-order chi connectivity index (χ1) is 17.8. The van der Waals surface area contributed by atoms with E-state index in [1.807, 2.05) is 0 Å². The third-order valence-corrected chi connectivity index (χ3v) is 8.48. The van der Waals surface area contributed by atoms with Crippen LogP contribution in [0.1, 0.15) is 62.5 Å². The molecule has 2 fully saturated rings. The van der Waals surface area contributed by atoms with E-state index < -0.39 is 14.9 Å². The number of sulfonamides is 1. The molecule has 11 heteroatoms. The van der Waals surface area contributed by atoms with Crippen molar-refractivity contribution in [3.8, 4) is 5.75 Å². The maximum atomic E-state index is 12.7. The van der Waals surface area contributed by atoms with Crippen LogP contribution in [0.25, 0.3) is 0 Å². The fraction of sp³-hybridized carbons (Fsp3) is 0.538. The third kappa shape index (κ3) is 7.42. The van der Waals surface area contributed by atoms with Crippen molar-refractivity contribution in [3.05, 3.63) is 62.7 Å². The van der Waals surface area contributed by atoms with Crippen molar-refractivity contribution in [3.63, 3.8) is 0 Å². The number of hydrogen-bond acceptors (Lipinski definition) is 7. The smallest absolute Gasteiger partial charge is 0.277 e. The Morgan fingerprint density at radius 1 is 1.00 bits per heavy atom. The average molecular weight is 553 g/mol. The van der Waals surface area contributed by atoms with E-state index in [0.29, 0.717) is 50.0 Å². The molecule has 2 aromatic rings. The molecule has 2 aliphatic heterocycles. The number of nitro groups is 1. The quantitative estimate of drug-likeness (QED) is 0.288. The molecule has 0 saturated carbocycles. The minimum atomic E-state index is -3.99. The van der Waals surface area contributed by atoms with Crippen molar-refractivity contribution in [2.75, 3.05) is 13.2 Å². The van der Waals surface area contributed by atoms with Crippen LogP contribution in [0.4, 0.5) is 5.69 Å². The number of benzene rings is 2. The Morgan fingerprint density at radius 3 is 2.19 bits per heavy atom. The van der Waals surface area contributed by atoms with E-state index in [4.69, 9.17) is 25.9 Å². The molecule has 2 saturated heterocycles. The molecule has 202 valence electrons. The van der Waals surface area contributed by atoms with E-state index in [1.165, 1.54) is 18.2 Å². The van der Waals surface area contributed by atoms with Gasteiger partial charge in [0.05, 0.1) is 32.6 Å². The van der Waals surface area contributed by atoms with Gasteiger partial charge in [-0.1, -0.05) is 29.8 Å². The van der Waals surface area contributed by atoms with Crippen LogP contribution in [0.3, 0.4) is 0 Å². The molecule has 0 spiro atoms. The van der Waals surface area contributed by atoms with Crippen LogP contribution in [-0.4, -0.2) is 38.8 Å². The highest BCUT2D eigenvalue weighted by atomic mass is 35.5. The molecule has 2 unspecified atom stereocenters. The fourth-order valence-electron chi connectivity index (χ4n) is 4.90. The lowest BCUT2D eigenvalue weighted by atomic mass is 9.94. The minimum absolute atomic E-state index is 0.00432. The first kappa shape index (κ1) is 27.8. The van der Waals surface area contributed by atoms with Crippen molar-refractivity contribution in [2.24, 2.45) is 0 Å². The van der Waals surface area contributed by atoms with Gasteiger partial charge in [0.15, 0.2) is 5.75 Å². The molecule has 1 N–H and O–H groups in total. The van der Waals surface area contributed by atoms with E-state index in [0.717, 1.165) is 38.5 Å². The number of nitrogens with zero attached hydrogens (tertiary/aromatic N) is 1. The van der Waals surface area contributed by atoms with E-state index in [9.17, 15) is 18.5 Å². The van der Waals surface area contributed by atoms with Gasteiger partial charge in [-0.2, -0.15) is 0 Å². The molecule has 4 rings (SSSR count). The largest absolute Gasteiger partial charge is 0.392 e. The van der Waals surface area contributed by atoms with Gasteiger partial charge in [-0.25, -0.2) is 8.42 Å². The number of nitrogens with one attached hydrogen (secondary N) is 1. The third-order valence-electron chi connectivity index (χ3n) is 6.87. The topological polar surface area (TPSA) is 117 Å². The lowest BCUT2D eigenvalue weighted by Crippen LogP contribution is -2.27. The van der Waals surface area contributed by atoms with Gasteiger partial charge in [0.1, 0.15) is 0 Å². The summed E-state index contributed by atoms with van der Waals surface area (Å²) in [6.45, 7) is 1.37. The number of rotatable bonds is 11.